The van der Waals surface area contributed by atoms with Gasteiger partial charge in [0.25, 0.3) is 0 Å². The Bertz CT molecular complexity index is 710. The second-order valence-electron chi connectivity index (χ2n) is 9.62. The van der Waals surface area contributed by atoms with Crippen molar-refractivity contribution in [3.63, 3.8) is 0 Å². The van der Waals surface area contributed by atoms with Gasteiger partial charge in [0, 0.05) is 43.7 Å². The van der Waals surface area contributed by atoms with Gasteiger partial charge in [0.05, 0.1) is 23.4 Å². The van der Waals surface area contributed by atoms with Crippen LogP contribution in [-0.2, 0) is 4.74 Å². The normalized spacial score (nSPS) is 37.7. The lowest BCUT2D eigenvalue weighted by Crippen LogP contribution is -2.50. The van der Waals surface area contributed by atoms with Gasteiger partial charge in [-0.05, 0) is 53.0 Å². The van der Waals surface area contributed by atoms with Crippen molar-refractivity contribution in [2.24, 2.45) is 5.92 Å². The summed E-state index contributed by atoms with van der Waals surface area (Å²) in [7, 11) is 2.20. The predicted octanol–water partition coefficient (Wildman–Crippen LogP) is 1.87. The van der Waals surface area contributed by atoms with Crippen LogP contribution in [0.15, 0.2) is 12.4 Å². The summed E-state index contributed by atoms with van der Waals surface area (Å²) >= 11 is 0. The molecule has 2 saturated carbocycles. The molecule has 7 nitrogen and oxygen atoms in total. The first kappa shape index (κ1) is 18.7. The first-order valence-corrected chi connectivity index (χ1v) is 11.0. The van der Waals surface area contributed by atoms with Gasteiger partial charge in [-0.2, -0.15) is 0 Å². The minimum atomic E-state index is 0.159. The average molecular weight is 387 g/mol. The first-order valence-electron chi connectivity index (χ1n) is 11.0. The van der Waals surface area contributed by atoms with E-state index in [1.165, 1.54) is 19.3 Å². The molecule has 1 aromatic rings. The summed E-state index contributed by atoms with van der Waals surface area (Å²) < 4.78 is 6.42. The van der Waals surface area contributed by atoms with Crippen molar-refractivity contribution >= 4 is 5.82 Å². The zero-order chi connectivity index (χ0) is 19.3. The molecule has 1 aromatic heterocycles. The number of nitrogens with one attached hydrogen (secondary N) is 2. The number of nitrogens with zero attached hydrogens (tertiary/aromatic N) is 4. The molecule has 5 atom stereocenters. The highest BCUT2D eigenvalue weighted by Gasteiger charge is 2.46. The van der Waals surface area contributed by atoms with Crippen LogP contribution >= 0.6 is 0 Å². The number of hydrogen-bond donors (Lipinski definition) is 2. The zero-order valence-corrected chi connectivity index (χ0v) is 17.4. The van der Waals surface area contributed by atoms with Crippen LogP contribution in [0.2, 0.25) is 0 Å². The van der Waals surface area contributed by atoms with Crippen molar-refractivity contribution in [1.29, 1.82) is 0 Å². The molecule has 4 unspecified atom stereocenters. The average Bonchev–Trinajstić information content (AvgIpc) is 3.26. The largest absolute Gasteiger partial charge is 0.372 e. The second kappa shape index (κ2) is 7.20. The first-order chi connectivity index (χ1) is 13.5. The Kier molecular flexibility index (Phi) is 4.82. The lowest BCUT2D eigenvalue weighted by atomic mass is 9.79. The van der Waals surface area contributed by atoms with Gasteiger partial charge in [0.15, 0.2) is 0 Å². The highest BCUT2D eigenvalue weighted by Crippen LogP contribution is 2.45. The minimum absolute atomic E-state index is 0.159. The van der Waals surface area contributed by atoms with E-state index in [1.54, 1.807) is 6.33 Å². The molecule has 2 aliphatic heterocycles. The molecule has 5 rings (SSSR count). The van der Waals surface area contributed by atoms with Crippen LogP contribution in [0.5, 0.6) is 0 Å². The summed E-state index contributed by atoms with van der Waals surface area (Å²) in [4.78, 5) is 14.1. The van der Waals surface area contributed by atoms with E-state index >= 15 is 0 Å². The van der Waals surface area contributed by atoms with Gasteiger partial charge < -0.3 is 14.5 Å². The van der Waals surface area contributed by atoms with Crippen molar-refractivity contribution in [3.8, 4) is 0 Å². The number of rotatable bonds is 4. The molecule has 4 fully saturated rings. The van der Waals surface area contributed by atoms with Gasteiger partial charge in [-0.3, -0.25) is 5.43 Å². The van der Waals surface area contributed by atoms with Crippen molar-refractivity contribution < 1.29 is 4.74 Å². The number of piperazine rings is 1. The number of hydrazine groups is 1. The van der Waals surface area contributed by atoms with Gasteiger partial charge in [0.2, 0.25) is 0 Å². The van der Waals surface area contributed by atoms with Crippen LogP contribution in [0.25, 0.3) is 0 Å². The quantitative estimate of drug-likeness (QED) is 0.819. The van der Waals surface area contributed by atoms with E-state index in [-0.39, 0.29) is 11.6 Å². The second-order valence-corrected chi connectivity index (χ2v) is 9.62. The van der Waals surface area contributed by atoms with Crippen LogP contribution in [0, 0.1) is 5.92 Å². The third-order valence-corrected chi connectivity index (χ3v) is 7.39. The molecule has 0 spiro atoms. The number of aromatic nitrogens is 2. The Balaban J connectivity index is 1.30. The van der Waals surface area contributed by atoms with Gasteiger partial charge in [-0.15, -0.1) is 0 Å². The predicted molar refractivity (Wildman–Crippen MR) is 109 cm³/mol. The summed E-state index contributed by atoms with van der Waals surface area (Å²) in [6, 6.07) is 3.49. The molecular formula is C21H34N6O. The summed E-state index contributed by atoms with van der Waals surface area (Å²) in [5.41, 5.74) is 8.33. The highest BCUT2D eigenvalue weighted by atomic mass is 16.5. The van der Waals surface area contributed by atoms with E-state index in [1.807, 2.05) is 0 Å². The standard InChI is InChI=1S/C21H34N6O/c1-14-12-27(9-8-26(14)3)19-11-18(22-13-23-19)20-16-10-15(28-21(2)6-7-21)4-5-17(16)24-25-20/h11,13-17,20,24-25H,4-10,12H2,1-3H3/t14-,15?,16?,17?,20?/m0/s1. The van der Waals surface area contributed by atoms with Gasteiger partial charge in [-0.1, -0.05) is 0 Å². The molecular weight excluding hydrogens is 352 g/mol. The smallest absolute Gasteiger partial charge is 0.132 e. The number of hydrogen-bond acceptors (Lipinski definition) is 7. The summed E-state index contributed by atoms with van der Waals surface area (Å²) in [6.07, 6.45) is 8.00. The number of ether oxygens (including phenoxy) is 1. The minimum Gasteiger partial charge on any atom is -0.372 e. The number of fused-ring (bicyclic) bond motifs is 1. The van der Waals surface area contributed by atoms with E-state index in [0.29, 0.717) is 24.1 Å². The molecule has 2 N–H and O–H groups in total. The van der Waals surface area contributed by atoms with E-state index in [2.05, 4.69) is 57.6 Å². The lowest BCUT2D eigenvalue weighted by molar-refractivity contribution is -0.0500. The summed E-state index contributed by atoms with van der Waals surface area (Å²) in [6.45, 7) is 7.66. The molecule has 3 heterocycles. The monoisotopic (exact) mass is 386 g/mol. The summed E-state index contributed by atoms with van der Waals surface area (Å²) in [5.74, 6) is 1.58. The SMILES string of the molecule is C[C@H]1CN(c2cc(C3NNC4CCC(OC5(C)CC5)CC43)ncn2)CCN1C. The van der Waals surface area contributed by atoms with E-state index < -0.39 is 0 Å². The number of likely N-dealkylation sites (N-methyl/N-ethyl adjacent to an activating group) is 1. The maximum absolute atomic E-state index is 6.42. The fourth-order valence-corrected chi connectivity index (χ4v) is 5.07. The van der Waals surface area contributed by atoms with Gasteiger partial charge in [-0.25, -0.2) is 15.4 Å². The molecule has 28 heavy (non-hydrogen) atoms. The number of anilines is 1. The molecule has 0 aromatic carbocycles. The van der Waals surface area contributed by atoms with Crippen molar-refractivity contribution in [2.75, 3.05) is 31.6 Å². The van der Waals surface area contributed by atoms with Crippen LogP contribution in [0.1, 0.15) is 57.7 Å². The van der Waals surface area contributed by atoms with Gasteiger partial charge >= 0.3 is 0 Å². The topological polar surface area (TPSA) is 65.5 Å². The molecule has 7 heteroatoms. The molecule has 0 amide bonds. The van der Waals surface area contributed by atoms with Gasteiger partial charge in [0.1, 0.15) is 12.1 Å². The Labute approximate surface area is 168 Å². The Morgan fingerprint density at radius 1 is 1.18 bits per heavy atom. The molecule has 2 aliphatic carbocycles. The third kappa shape index (κ3) is 3.65. The molecule has 4 aliphatic rings. The Morgan fingerprint density at radius 2 is 2.04 bits per heavy atom. The zero-order valence-electron chi connectivity index (χ0n) is 17.4. The van der Waals surface area contributed by atoms with Crippen LogP contribution < -0.4 is 15.8 Å². The molecule has 2 saturated heterocycles. The Morgan fingerprint density at radius 3 is 2.82 bits per heavy atom. The molecule has 0 bridgehead atoms. The Hall–Kier alpha value is -1.28. The highest BCUT2D eigenvalue weighted by molar-refractivity contribution is 5.41. The maximum atomic E-state index is 6.42. The van der Waals surface area contributed by atoms with Crippen LogP contribution in [-0.4, -0.2) is 65.3 Å². The fourth-order valence-electron chi connectivity index (χ4n) is 5.07. The van der Waals surface area contributed by atoms with E-state index in [0.717, 1.165) is 44.0 Å². The maximum Gasteiger partial charge on any atom is 0.132 e. The van der Waals surface area contributed by atoms with Crippen molar-refractivity contribution in [2.45, 2.75) is 75.8 Å². The summed E-state index contributed by atoms with van der Waals surface area (Å²) in [5, 5.41) is 0. The van der Waals surface area contributed by atoms with Crippen molar-refractivity contribution in [1.82, 2.24) is 25.7 Å². The third-order valence-electron chi connectivity index (χ3n) is 7.39. The van der Waals surface area contributed by atoms with E-state index in [4.69, 9.17) is 4.74 Å². The van der Waals surface area contributed by atoms with Crippen LogP contribution in [0.4, 0.5) is 5.82 Å². The molecule has 154 valence electrons. The molecule has 0 radical (unpaired) electrons. The van der Waals surface area contributed by atoms with Crippen molar-refractivity contribution in [3.05, 3.63) is 18.1 Å². The van der Waals surface area contributed by atoms with Crippen LogP contribution in [0.3, 0.4) is 0 Å². The lowest BCUT2D eigenvalue weighted by Gasteiger charge is -2.38. The fraction of sp³-hybridized carbons (Fsp3) is 0.810. The van der Waals surface area contributed by atoms with E-state index in [9.17, 15) is 0 Å².